The van der Waals surface area contributed by atoms with Crippen LogP contribution in [0.1, 0.15) is 31.2 Å². The number of sulfonamides is 1. The second-order valence-corrected chi connectivity index (χ2v) is 11.0. The van der Waals surface area contributed by atoms with Crippen molar-refractivity contribution in [1.82, 2.24) is 9.21 Å². The van der Waals surface area contributed by atoms with Crippen molar-refractivity contribution >= 4 is 10.0 Å². The smallest absolute Gasteiger partial charge is 0.214 e. The van der Waals surface area contributed by atoms with Gasteiger partial charge in [0.15, 0.2) is 0 Å². The summed E-state index contributed by atoms with van der Waals surface area (Å²) in [4.78, 5) is 2.11. The van der Waals surface area contributed by atoms with E-state index in [4.69, 9.17) is 4.74 Å². The molecule has 1 saturated carbocycles. The molecule has 3 aliphatic rings. The van der Waals surface area contributed by atoms with Crippen LogP contribution in [-0.4, -0.2) is 68.4 Å². The minimum Gasteiger partial charge on any atom is -0.496 e. The Hall–Kier alpha value is -1.22. The zero-order chi connectivity index (χ0) is 20.6. The van der Waals surface area contributed by atoms with Gasteiger partial charge in [-0.15, -0.1) is 0 Å². The van der Waals surface area contributed by atoms with Gasteiger partial charge < -0.3 is 9.84 Å². The SMILES string of the molecule is COc1cccc(F)c1CN1CC2CN(S(=O)(=O)CC3CCCC3)CC2(CO)C1. The van der Waals surface area contributed by atoms with E-state index in [0.717, 1.165) is 25.7 Å². The number of rotatable bonds is 7. The van der Waals surface area contributed by atoms with Crippen molar-refractivity contribution in [2.24, 2.45) is 17.3 Å². The van der Waals surface area contributed by atoms with E-state index in [-0.39, 0.29) is 30.0 Å². The van der Waals surface area contributed by atoms with Crippen molar-refractivity contribution in [2.75, 3.05) is 45.6 Å². The molecule has 0 radical (unpaired) electrons. The maximum atomic E-state index is 14.3. The molecule has 2 unspecified atom stereocenters. The van der Waals surface area contributed by atoms with Crippen LogP contribution in [0.15, 0.2) is 18.2 Å². The number of likely N-dealkylation sites (tertiary alicyclic amines) is 1. The van der Waals surface area contributed by atoms with E-state index in [0.29, 0.717) is 44.0 Å². The van der Waals surface area contributed by atoms with Gasteiger partial charge in [0.25, 0.3) is 0 Å². The lowest BCUT2D eigenvalue weighted by atomic mass is 9.82. The minimum absolute atomic E-state index is 0.0575. The van der Waals surface area contributed by atoms with Gasteiger partial charge in [-0.1, -0.05) is 18.9 Å². The fourth-order valence-electron chi connectivity index (χ4n) is 5.49. The van der Waals surface area contributed by atoms with Crippen molar-refractivity contribution in [3.63, 3.8) is 0 Å². The van der Waals surface area contributed by atoms with Crippen molar-refractivity contribution in [2.45, 2.75) is 32.2 Å². The summed E-state index contributed by atoms with van der Waals surface area (Å²) in [5.41, 5.74) is 0.0371. The molecule has 0 bridgehead atoms. The lowest BCUT2D eigenvalue weighted by Crippen LogP contribution is -2.40. The van der Waals surface area contributed by atoms with Crippen LogP contribution in [0.25, 0.3) is 0 Å². The van der Waals surface area contributed by atoms with E-state index in [2.05, 4.69) is 4.90 Å². The molecule has 1 aromatic rings. The highest BCUT2D eigenvalue weighted by molar-refractivity contribution is 7.89. The lowest BCUT2D eigenvalue weighted by Gasteiger charge is -2.28. The van der Waals surface area contributed by atoms with Crippen molar-refractivity contribution in [1.29, 1.82) is 0 Å². The van der Waals surface area contributed by atoms with Gasteiger partial charge in [0, 0.05) is 43.7 Å². The van der Waals surface area contributed by atoms with E-state index >= 15 is 0 Å². The topological polar surface area (TPSA) is 70.1 Å². The number of nitrogens with zero attached hydrogens (tertiary/aromatic N) is 2. The van der Waals surface area contributed by atoms with Crippen molar-refractivity contribution < 1.29 is 22.7 Å². The third kappa shape index (κ3) is 4.04. The highest BCUT2D eigenvalue weighted by Gasteiger charge is 2.54. The van der Waals surface area contributed by atoms with Gasteiger partial charge in [-0.2, -0.15) is 0 Å². The maximum absolute atomic E-state index is 14.3. The van der Waals surface area contributed by atoms with Crippen LogP contribution < -0.4 is 4.74 Å². The molecular weight excluding hydrogens is 395 g/mol. The number of aliphatic hydroxyl groups is 1. The van der Waals surface area contributed by atoms with Crippen LogP contribution >= 0.6 is 0 Å². The van der Waals surface area contributed by atoms with E-state index in [1.54, 1.807) is 16.4 Å². The summed E-state index contributed by atoms with van der Waals surface area (Å²) in [6.45, 7) is 2.34. The molecule has 1 aliphatic carbocycles. The number of hydrogen-bond acceptors (Lipinski definition) is 5. The molecule has 8 heteroatoms. The van der Waals surface area contributed by atoms with Crippen molar-refractivity contribution in [3.05, 3.63) is 29.6 Å². The standard InChI is InChI=1S/C21H31FN2O4S/c1-28-20-8-4-7-19(22)18(20)11-23-9-17-10-24(14-21(17,13-23)15-25)29(26,27)12-16-5-2-3-6-16/h4,7-8,16-17,25H,2-3,5-6,9-15H2,1H3. The number of benzene rings is 1. The lowest BCUT2D eigenvalue weighted by molar-refractivity contribution is 0.119. The molecule has 162 valence electrons. The Labute approximate surface area is 172 Å². The Kier molecular flexibility index (Phi) is 5.90. The summed E-state index contributed by atoms with van der Waals surface area (Å²) >= 11 is 0. The fourth-order valence-corrected chi connectivity index (χ4v) is 7.49. The number of methoxy groups -OCH3 is 1. The first-order valence-electron chi connectivity index (χ1n) is 10.5. The summed E-state index contributed by atoms with van der Waals surface area (Å²) in [7, 11) is -1.78. The third-order valence-electron chi connectivity index (χ3n) is 7.11. The molecule has 4 rings (SSSR count). The Bertz CT molecular complexity index is 843. The van der Waals surface area contributed by atoms with E-state index in [1.807, 2.05) is 0 Å². The van der Waals surface area contributed by atoms with E-state index < -0.39 is 15.4 Å². The highest BCUT2D eigenvalue weighted by Crippen LogP contribution is 2.44. The van der Waals surface area contributed by atoms with Gasteiger partial charge in [0.05, 0.1) is 19.5 Å². The molecule has 1 aromatic carbocycles. The van der Waals surface area contributed by atoms with Crippen LogP contribution in [0.5, 0.6) is 5.75 Å². The van der Waals surface area contributed by atoms with Crippen molar-refractivity contribution in [3.8, 4) is 5.75 Å². The molecule has 0 amide bonds. The largest absolute Gasteiger partial charge is 0.496 e. The first kappa shape index (κ1) is 21.0. The van der Waals surface area contributed by atoms with E-state index in [9.17, 15) is 17.9 Å². The monoisotopic (exact) mass is 426 g/mol. The van der Waals surface area contributed by atoms with Crippen LogP contribution in [0.2, 0.25) is 0 Å². The van der Waals surface area contributed by atoms with Gasteiger partial charge >= 0.3 is 0 Å². The van der Waals surface area contributed by atoms with Crippen LogP contribution in [-0.2, 0) is 16.6 Å². The normalized spacial score (nSPS) is 28.9. The Morgan fingerprint density at radius 2 is 2.00 bits per heavy atom. The number of aliphatic hydroxyl groups excluding tert-OH is 1. The summed E-state index contributed by atoms with van der Waals surface area (Å²) in [6.07, 6.45) is 4.25. The number of fused-ring (bicyclic) bond motifs is 1. The number of hydrogen-bond donors (Lipinski definition) is 1. The first-order chi connectivity index (χ1) is 13.9. The zero-order valence-corrected chi connectivity index (χ0v) is 17.8. The Morgan fingerprint density at radius 1 is 1.24 bits per heavy atom. The second kappa shape index (κ2) is 8.13. The fraction of sp³-hybridized carbons (Fsp3) is 0.714. The van der Waals surface area contributed by atoms with Crippen LogP contribution in [0.4, 0.5) is 4.39 Å². The summed E-state index contributed by atoms with van der Waals surface area (Å²) in [5.74, 6) is 0.775. The molecule has 2 heterocycles. The molecule has 1 N–H and O–H groups in total. The van der Waals surface area contributed by atoms with Gasteiger partial charge in [-0.05, 0) is 36.8 Å². The second-order valence-electron chi connectivity index (χ2n) is 9.03. The van der Waals surface area contributed by atoms with Gasteiger partial charge in [0.1, 0.15) is 11.6 Å². The average molecular weight is 427 g/mol. The molecule has 6 nitrogen and oxygen atoms in total. The van der Waals surface area contributed by atoms with Gasteiger partial charge in [0.2, 0.25) is 10.0 Å². The minimum atomic E-state index is -3.30. The quantitative estimate of drug-likeness (QED) is 0.723. The molecule has 2 aliphatic heterocycles. The molecular formula is C21H31FN2O4S. The Balaban J connectivity index is 1.45. The molecule has 3 fully saturated rings. The molecule has 0 spiro atoms. The van der Waals surface area contributed by atoms with Gasteiger partial charge in [-0.25, -0.2) is 17.1 Å². The number of ether oxygens (including phenoxy) is 1. The Morgan fingerprint density at radius 3 is 2.66 bits per heavy atom. The summed E-state index contributed by atoms with van der Waals surface area (Å²) in [5, 5.41) is 10.2. The summed E-state index contributed by atoms with van der Waals surface area (Å²) in [6, 6.07) is 4.79. The predicted octanol–water partition coefficient (Wildman–Crippen LogP) is 2.08. The molecule has 29 heavy (non-hydrogen) atoms. The number of halogens is 1. The maximum Gasteiger partial charge on any atom is 0.214 e. The molecule has 2 saturated heterocycles. The van der Waals surface area contributed by atoms with E-state index in [1.165, 1.54) is 13.2 Å². The average Bonchev–Trinajstić information content (AvgIpc) is 3.38. The molecule has 2 atom stereocenters. The summed E-state index contributed by atoms with van der Waals surface area (Å²) < 4.78 is 47.1. The highest BCUT2D eigenvalue weighted by atomic mass is 32.2. The molecule has 0 aromatic heterocycles. The first-order valence-corrected chi connectivity index (χ1v) is 12.1. The third-order valence-corrected chi connectivity index (χ3v) is 9.06. The zero-order valence-electron chi connectivity index (χ0n) is 17.0. The van der Waals surface area contributed by atoms with Gasteiger partial charge in [-0.3, -0.25) is 4.90 Å². The van der Waals surface area contributed by atoms with Crippen LogP contribution in [0.3, 0.4) is 0 Å². The van der Waals surface area contributed by atoms with Crippen LogP contribution in [0, 0.1) is 23.1 Å². The predicted molar refractivity (Wildman–Crippen MR) is 109 cm³/mol.